The van der Waals surface area contributed by atoms with Gasteiger partial charge in [0.2, 0.25) is 0 Å². The van der Waals surface area contributed by atoms with Crippen LogP contribution in [0.2, 0.25) is 0 Å². The quantitative estimate of drug-likeness (QED) is 0.876. The summed E-state index contributed by atoms with van der Waals surface area (Å²) < 4.78 is 2.16. The van der Waals surface area contributed by atoms with Crippen molar-refractivity contribution in [2.75, 3.05) is 6.54 Å². The number of nitrogens with one attached hydrogen (secondary N) is 1. The summed E-state index contributed by atoms with van der Waals surface area (Å²) in [4.78, 5) is 1.38. The molecule has 0 aliphatic heterocycles. The Morgan fingerprint density at radius 2 is 2.21 bits per heavy atom. The summed E-state index contributed by atoms with van der Waals surface area (Å²) in [7, 11) is 0. The first-order chi connectivity index (χ1) is 9.13. The summed E-state index contributed by atoms with van der Waals surface area (Å²) in [5.74, 6) is 0. The van der Waals surface area contributed by atoms with Crippen LogP contribution in [-0.4, -0.2) is 16.3 Å². The molecule has 0 aromatic carbocycles. The lowest BCUT2D eigenvalue weighted by atomic mass is 10.1. The molecule has 0 saturated carbocycles. The monoisotopic (exact) mass is 277 g/mol. The molecule has 1 N–H and O–H groups in total. The van der Waals surface area contributed by atoms with E-state index in [0.29, 0.717) is 6.04 Å². The molecule has 2 rings (SSSR count). The van der Waals surface area contributed by atoms with Crippen LogP contribution >= 0.6 is 11.3 Å². The smallest absolute Gasteiger partial charge is 0.0628 e. The molecule has 2 aromatic heterocycles. The number of aryl methyl sites for hydroxylation is 1. The maximum Gasteiger partial charge on any atom is 0.0628 e. The molecule has 4 heteroatoms. The van der Waals surface area contributed by atoms with E-state index in [1.165, 1.54) is 21.8 Å². The Kier molecular flexibility index (Phi) is 4.77. The first-order valence-corrected chi connectivity index (χ1v) is 7.79. The highest BCUT2D eigenvalue weighted by molar-refractivity contribution is 7.09. The normalized spacial score (nSPS) is 12.8. The molecular weight excluding hydrogens is 254 g/mol. The Morgan fingerprint density at radius 1 is 1.42 bits per heavy atom. The van der Waals surface area contributed by atoms with E-state index in [1.54, 1.807) is 11.3 Å². The van der Waals surface area contributed by atoms with Crippen molar-refractivity contribution < 1.29 is 0 Å². The lowest BCUT2D eigenvalue weighted by Crippen LogP contribution is -2.24. The Labute approximate surface area is 119 Å². The number of thiophene rings is 1. The Bertz CT molecular complexity index is 514. The highest BCUT2D eigenvalue weighted by Gasteiger charge is 2.14. The van der Waals surface area contributed by atoms with E-state index in [-0.39, 0.29) is 0 Å². The average Bonchev–Trinajstić information content (AvgIpc) is 2.98. The Hall–Kier alpha value is -1.13. The maximum absolute atomic E-state index is 4.68. The second-order valence-corrected chi connectivity index (χ2v) is 6.04. The highest BCUT2D eigenvalue weighted by atomic mass is 32.1. The van der Waals surface area contributed by atoms with Crippen LogP contribution < -0.4 is 5.32 Å². The molecule has 1 atom stereocenters. The van der Waals surface area contributed by atoms with E-state index in [9.17, 15) is 0 Å². The highest BCUT2D eigenvalue weighted by Crippen LogP contribution is 2.17. The minimum absolute atomic E-state index is 0.388. The predicted octanol–water partition coefficient (Wildman–Crippen LogP) is 3.47. The third-order valence-electron chi connectivity index (χ3n) is 3.56. The van der Waals surface area contributed by atoms with Crippen molar-refractivity contribution in [2.45, 2.75) is 46.7 Å². The predicted molar refractivity (Wildman–Crippen MR) is 81.8 cm³/mol. The number of nitrogens with zero attached hydrogens (tertiary/aromatic N) is 2. The van der Waals surface area contributed by atoms with E-state index >= 15 is 0 Å². The summed E-state index contributed by atoms with van der Waals surface area (Å²) in [6.07, 6.45) is 1.06. The molecule has 2 heterocycles. The fourth-order valence-electron chi connectivity index (χ4n) is 2.54. The summed E-state index contributed by atoms with van der Waals surface area (Å²) in [5.41, 5.74) is 3.88. The van der Waals surface area contributed by atoms with E-state index in [2.05, 4.69) is 60.3 Å². The molecule has 0 aliphatic rings. The SMILES string of the molecule is CCc1c(C)nn(C(C)CNCc2cccs2)c1C. The molecule has 0 bridgehead atoms. The van der Waals surface area contributed by atoms with Gasteiger partial charge in [0.1, 0.15) is 0 Å². The molecule has 0 aliphatic carbocycles. The number of hydrogen-bond donors (Lipinski definition) is 1. The van der Waals surface area contributed by atoms with Crippen molar-refractivity contribution in [3.8, 4) is 0 Å². The second kappa shape index (κ2) is 6.35. The van der Waals surface area contributed by atoms with Gasteiger partial charge in [-0.15, -0.1) is 11.3 Å². The molecule has 1 unspecified atom stereocenters. The molecule has 0 fully saturated rings. The number of rotatable bonds is 6. The Morgan fingerprint density at radius 3 is 2.79 bits per heavy atom. The van der Waals surface area contributed by atoms with Gasteiger partial charge in [0.25, 0.3) is 0 Å². The number of aromatic nitrogens is 2. The largest absolute Gasteiger partial charge is 0.310 e. The van der Waals surface area contributed by atoms with Crippen LogP contribution in [0.25, 0.3) is 0 Å². The molecule has 0 amide bonds. The topological polar surface area (TPSA) is 29.9 Å². The standard InChI is InChI=1S/C15H23N3S/c1-5-15-12(3)17-18(13(15)4)11(2)9-16-10-14-7-6-8-19-14/h6-8,11,16H,5,9-10H2,1-4H3. The zero-order valence-corrected chi connectivity index (χ0v) is 13.0. The summed E-state index contributed by atoms with van der Waals surface area (Å²) >= 11 is 1.80. The van der Waals surface area contributed by atoms with Gasteiger partial charge in [-0.05, 0) is 44.2 Å². The third kappa shape index (κ3) is 3.25. The fraction of sp³-hybridized carbons (Fsp3) is 0.533. The van der Waals surface area contributed by atoms with Crippen molar-refractivity contribution >= 4 is 11.3 Å². The summed E-state index contributed by atoms with van der Waals surface area (Å²) in [6.45, 7) is 10.6. The summed E-state index contributed by atoms with van der Waals surface area (Å²) in [6, 6.07) is 4.65. The van der Waals surface area contributed by atoms with Crippen LogP contribution in [0, 0.1) is 13.8 Å². The van der Waals surface area contributed by atoms with Gasteiger partial charge in [-0.3, -0.25) is 4.68 Å². The van der Waals surface area contributed by atoms with Crippen molar-refractivity contribution in [2.24, 2.45) is 0 Å². The zero-order valence-electron chi connectivity index (χ0n) is 12.2. The zero-order chi connectivity index (χ0) is 13.8. The molecule has 2 aromatic rings. The molecule has 0 spiro atoms. The average molecular weight is 277 g/mol. The van der Waals surface area contributed by atoms with E-state index in [1.807, 2.05) is 0 Å². The summed E-state index contributed by atoms with van der Waals surface area (Å²) in [5, 5.41) is 10.3. The molecule has 3 nitrogen and oxygen atoms in total. The van der Waals surface area contributed by atoms with Gasteiger partial charge in [-0.25, -0.2) is 0 Å². The van der Waals surface area contributed by atoms with Gasteiger partial charge in [0.05, 0.1) is 11.7 Å². The van der Waals surface area contributed by atoms with Crippen molar-refractivity contribution in [1.82, 2.24) is 15.1 Å². The van der Waals surface area contributed by atoms with Crippen LogP contribution in [0.1, 0.15) is 41.7 Å². The van der Waals surface area contributed by atoms with Gasteiger partial charge in [-0.2, -0.15) is 5.10 Å². The van der Waals surface area contributed by atoms with E-state index < -0.39 is 0 Å². The van der Waals surface area contributed by atoms with Gasteiger partial charge in [0, 0.05) is 23.7 Å². The number of hydrogen-bond acceptors (Lipinski definition) is 3. The van der Waals surface area contributed by atoms with Crippen LogP contribution in [0.5, 0.6) is 0 Å². The first-order valence-electron chi connectivity index (χ1n) is 6.91. The van der Waals surface area contributed by atoms with Gasteiger partial charge < -0.3 is 5.32 Å². The second-order valence-electron chi connectivity index (χ2n) is 5.01. The van der Waals surface area contributed by atoms with Crippen LogP contribution in [-0.2, 0) is 13.0 Å². The van der Waals surface area contributed by atoms with E-state index in [0.717, 1.165) is 19.5 Å². The first kappa shape index (κ1) is 14.3. The van der Waals surface area contributed by atoms with Crippen LogP contribution in [0.4, 0.5) is 0 Å². The molecule has 19 heavy (non-hydrogen) atoms. The van der Waals surface area contributed by atoms with Crippen molar-refractivity contribution in [1.29, 1.82) is 0 Å². The minimum atomic E-state index is 0.388. The van der Waals surface area contributed by atoms with Gasteiger partial charge >= 0.3 is 0 Å². The van der Waals surface area contributed by atoms with Crippen LogP contribution in [0.15, 0.2) is 17.5 Å². The lowest BCUT2D eigenvalue weighted by molar-refractivity contribution is 0.444. The van der Waals surface area contributed by atoms with E-state index in [4.69, 9.17) is 0 Å². The minimum Gasteiger partial charge on any atom is -0.310 e. The molecule has 0 saturated heterocycles. The Balaban J connectivity index is 1.94. The third-order valence-corrected chi connectivity index (χ3v) is 4.44. The van der Waals surface area contributed by atoms with Gasteiger partial charge in [0.15, 0.2) is 0 Å². The van der Waals surface area contributed by atoms with Gasteiger partial charge in [-0.1, -0.05) is 13.0 Å². The molecule has 0 radical (unpaired) electrons. The molecule has 104 valence electrons. The maximum atomic E-state index is 4.68. The van der Waals surface area contributed by atoms with Crippen molar-refractivity contribution in [3.05, 3.63) is 39.3 Å². The molecular formula is C15H23N3S. The lowest BCUT2D eigenvalue weighted by Gasteiger charge is -2.15. The van der Waals surface area contributed by atoms with Crippen molar-refractivity contribution in [3.63, 3.8) is 0 Å². The fourth-order valence-corrected chi connectivity index (χ4v) is 3.22. The van der Waals surface area contributed by atoms with Crippen LogP contribution in [0.3, 0.4) is 0 Å².